The molecule has 7 N–H and O–H groups in total. The minimum Gasteiger partial charge on any atom is -0.462 e. The summed E-state index contributed by atoms with van der Waals surface area (Å²) in [6.45, 7) is 2.51. The highest BCUT2D eigenvalue weighted by molar-refractivity contribution is 5.70. The van der Waals surface area contributed by atoms with E-state index in [2.05, 4.69) is 38.2 Å². The lowest BCUT2D eigenvalue weighted by Gasteiger charge is -2.42. The smallest absolute Gasteiger partial charge is 0.306 e. The zero-order valence-corrected chi connectivity index (χ0v) is 37.1. The minimum absolute atomic E-state index is 0.151. The molecule has 2 saturated heterocycles. The van der Waals surface area contributed by atoms with E-state index >= 15 is 0 Å². The predicted octanol–water partition coefficient (Wildman–Crippen LogP) is 5.21. The van der Waals surface area contributed by atoms with Gasteiger partial charge < -0.3 is 64.2 Å². The van der Waals surface area contributed by atoms with Crippen molar-refractivity contribution in [2.75, 3.05) is 26.4 Å². The molecule has 0 amide bonds. The molecule has 0 spiro atoms. The Morgan fingerprint density at radius 3 is 1.57 bits per heavy atom. The number of carbonyl (C=O) groups is 2. The lowest BCUT2D eigenvalue weighted by atomic mass is 9.98. The summed E-state index contributed by atoms with van der Waals surface area (Å²) in [5.41, 5.74) is 0. The summed E-state index contributed by atoms with van der Waals surface area (Å²) in [5.74, 6) is -0.940. The van der Waals surface area contributed by atoms with Gasteiger partial charge in [-0.15, -0.1) is 0 Å². The predicted molar refractivity (Wildman–Crippen MR) is 229 cm³/mol. The summed E-state index contributed by atoms with van der Waals surface area (Å²) in [7, 11) is 0. The van der Waals surface area contributed by atoms with Crippen molar-refractivity contribution >= 4 is 11.9 Å². The van der Waals surface area contributed by atoms with Crippen molar-refractivity contribution in [1.82, 2.24) is 0 Å². The molecule has 61 heavy (non-hydrogen) atoms. The number of carbonyl (C=O) groups excluding carboxylic acids is 2. The zero-order valence-electron chi connectivity index (χ0n) is 37.1. The van der Waals surface area contributed by atoms with Crippen LogP contribution in [-0.2, 0) is 38.0 Å². The highest BCUT2D eigenvalue weighted by Crippen LogP contribution is 2.26. The minimum atomic E-state index is -1.76. The van der Waals surface area contributed by atoms with Crippen LogP contribution in [0.25, 0.3) is 0 Å². The van der Waals surface area contributed by atoms with Gasteiger partial charge >= 0.3 is 11.9 Å². The van der Waals surface area contributed by atoms with E-state index in [9.17, 15) is 45.3 Å². The summed E-state index contributed by atoms with van der Waals surface area (Å²) in [4.78, 5) is 25.6. The molecule has 0 aromatic rings. The number of aliphatic hydroxyl groups excluding tert-OH is 7. The molecule has 2 rings (SSSR count). The van der Waals surface area contributed by atoms with Crippen molar-refractivity contribution in [3.63, 3.8) is 0 Å². The Hall–Kier alpha value is -2.02. The third-order valence-corrected chi connectivity index (χ3v) is 11.2. The molecule has 0 saturated carbocycles. The molecule has 2 aliphatic rings. The van der Waals surface area contributed by atoms with Crippen molar-refractivity contribution in [1.29, 1.82) is 0 Å². The average Bonchev–Trinajstić information content (AvgIpc) is 3.25. The normalized spacial score (nSPS) is 27.5. The molecule has 11 atom stereocenters. The molecule has 0 bridgehead atoms. The van der Waals surface area contributed by atoms with E-state index in [0.717, 1.165) is 64.2 Å². The van der Waals surface area contributed by atoms with Crippen LogP contribution >= 0.6 is 0 Å². The molecular weight excluding hydrogens is 792 g/mol. The van der Waals surface area contributed by atoms with Gasteiger partial charge in [-0.1, -0.05) is 134 Å². The van der Waals surface area contributed by atoms with Crippen LogP contribution in [0.15, 0.2) is 24.3 Å². The fourth-order valence-electron chi connectivity index (χ4n) is 7.23. The molecule has 2 aliphatic heterocycles. The number of hydrogen-bond donors (Lipinski definition) is 7. The van der Waals surface area contributed by atoms with Gasteiger partial charge in [0, 0.05) is 12.8 Å². The first-order valence-corrected chi connectivity index (χ1v) is 23.4. The molecule has 2 heterocycles. The summed E-state index contributed by atoms with van der Waals surface area (Å²) < 4.78 is 33.4. The molecule has 2 fully saturated rings. The highest BCUT2D eigenvalue weighted by Gasteiger charge is 2.47. The topological polar surface area (TPSA) is 231 Å². The second kappa shape index (κ2) is 34.4. The molecule has 0 radical (unpaired) electrons. The Labute approximate surface area is 364 Å². The summed E-state index contributed by atoms with van der Waals surface area (Å²) in [6.07, 6.45) is 15.0. The Morgan fingerprint density at radius 1 is 0.525 bits per heavy atom. The van der Waals surface area contributed by atoms with Crippen molar-refractivity contribution in [2.24, 2.45) is 0 Å². The van der Waals surface area contributed by atoms with E-state index in [-0.39, 0.29) is 26.1 Å². The van der Waals surface area contributed by atoms with Gasteiger partial charge in [-0.25, -0.2) is 0 Å². The van der Waals surface area contributed by atoms with Crippen molar-refractivity contribution in [3.8, 4) is 0 Å². The SMILES string of the molecule is CCCC/C=C\C/C=C\CCCCCCCC(=O)OC(COC(=O)CCCCCCCCCCCCC)COC1OC(COC2OC(CO)C(O)C(O)C2O)C(O)C(O)C1O. The van der Waals surface area contributed by atoms with Crippen LogP contribution in [0.2, 0.25) is 0 Å². The average molecular weight is 875 g/mol. The molecule has 15 heteroatoms. The first kappa shape index (κ1) is 55.1. The van der Waals surface area contributed by atoms with Crippen LogP contribution < -0.4 is 0 Å². The van der Waals surface area contributed by atoms with E-state index in [1.54, 1.807) is 0 Å². The van der Waals surface area contributed by atoms with Crippen LogP contribution in [0.4, 0.5) is 0 Å². The number of unbranched alkanes of at least 4 members (excludes halogenated alkanes) is 17. The number of aliphatic hydroxyl groups is 7. The summed E-state index contributed by atoms with van der Waals surface area (Å²) in [5, 5.41) is 71.9. The Kier molecular flexibility index (Phi) is 31.1. The van der Waals surface area contributed by atoms with E-state index in [4.69, 9.17) is 28.4 Å². The lowest BCUT2D eigenvalue weighted by molar-refractivity contribution is -0.332. The maximum atomic E-state index is 12.9. The van der Waals surface area contributed by atoms with Crippen LogP contribution in [0.1, 0.15) is 162 Å². The molecule has 0 aliphatic carbocycles. The monoisotopic (exact) mass is 875 g/mol. The van der Waals surface area contributed by atoms with Gasteiger partial charge in [0.05, 0.1) is 19.8 Å². The van der Waals surface area contributed by atoms with Gasteiger partial charge in [-0.2, -0.15) is 0 Å². The summed E-state index contributed by atoms with van der Waals surface area (Å²) in [6, 6.07) is 0. The number of ether oxygens (including phenoxy) is 6. The van der Waals surface area contributed by atoms with Crippen molar-refractivity contribution < 1.29 is 73.8 Å². The van der Waals surface area contributed by atoms with Gasteiger partial charge in [-0.05, 0) is 38.5 Å². The standard InChI is InChI=1S/C46H82O15/c1-3-5-7-9-11-13-15-16-17-19-21-23-25-27-29-38(49)59-34(31-56-37(48)28-26-24-22-20-18-14-12-10-8-6-4-2)32-57-45-44(55)42(53)40(51)36(61-45)33-58-46-43(54)41(52)39(50)35(30-47)60-46/h9,11,15-16,34-36,39-47,50-55H,3-8,10,12-14,17-33H2,1-2H3/b11-9-,16-15-. The Balaban J connectivity index is 1.86. The van der Waals surface area contributed by atoms with Gasteiger partial charge in [0.25, 0.3) is 0 Å². The van der Waals surface area contributed by atoms with E-state index < -0.39 is 92.7 Å². The second-order valence-corrected chi connectivity index (χ2v) is 16.6. The van der Waals surface area contributed by atoms with Gasteiger partial charge in [-0.3, -0.25) is 9.59 Å². The van der Waals surface area contributed by atoms with Crippen molar-refractivity contribution in [2.45, 2.75) is 229 Å². The molecule has 0 aromatic heterocycles. The van der Waals surface area contributed by atoms with Crippen molar-refractivity contribution in [3.05, 3.63) is 24.3 Å². The number of rotatable bonds is 35. The maximum Gasteiger partial charge on any atom is 0.306 e. The van der Waals surface area contributed by atoms with Gasteiger partial charge in [0.15, 0.2) is 18.7 Å². The Bertz CT molecular complexity index is 1170. The van der Waals surface area contributed by atoms with E-state index in [1.807, 2.05) is 0 Å². The molecule has 11 unspecified atom stereocenters. The maximum absolute atomic E-state index is 12.9. The fourth-order valence-corrected chi connectivity index (χ4v) is 7.23. The Morgan fingerprint density at radius 2 is 1.00 bits per heavy atom. The first-order valence-electron chi connectivity index (χ1n) is 23.4. The highest BCUT2D eigenvalue weighted by atomic mass is 16.7. The van der Waals surface area contributed by atoms with Gasteiger partial charge in [0.2, 0.25) is 0 Å². The molecule has 0 aromatic carbocycles. The summed E-state index contributed by atoms with van der Waals surface area (Å²) >= 11 is 0. The van der Waals surface area contributed by atoms with E-state index in [0.29, 0.717) is 12.8 Å². The third kappa shape index (κ3) is 23.5. The van der Waals surface area contributed by atoms with Crippen LogP contribution in [-0.4, -0.2) is 142 Å². The van der Waals surface area contributed by atoms with Gasteiger partial charge in [0.1, 0.15) is 55.4 Å². The zero-order chi connectivity index (χ0) is 44.7. The number of allylic oxidation sites excluding steroid dienone is 4. The molecular formula is C46H82O15. The molecule has 356 valence electrons. The fraction of sp³-hybridized carbons (Fsp3) is 0.870. The van der Waals surface area contributed by atoms with E-state index in [1.165, 1.54) is 57.8 Å². The van der Waals surface area contributed by atoms with Crippen LogP contribution in [0.3, 0.4) is 0 Å². The largest absolute Gasteiger partial charge is 0.462 e. The quantitative estimate of drug-likeness (QED) is 0.0246. The third-order valence-electron chi connectivity index (χ3n) is 11.2. The molecule has 15 nitrogen and oxygen atoms in total. The number of hydrogen-bond acceptors (Lipinski definition) is 15. The second-order valence-electron chi connectivity index (χ2n) is 16.6. The first-order chi connectivity index (χ1) is 29.5. The van der Waals surface area contributed by atoms with Crippen LogP contribution in [0, 0.1) is 0 Å². The van der Waals surface area contributed by atoms with Crippen LogP contribution in [0.5, 0.6) is 0 Å². The number of esters is 2. The lowest BCUT2D eigenvalue weighted by Crippen LogP contribution is -2.61.